The van der Waals surface area contributed by atoms with Crippen molar-refractivity contribution < 1.29 is 33.4 Å². The van der Waals surface area contributed by atoms with Gasteiger partial charge in [0.25, 0.3) is 0 Å². The summed E-state index contributed by atoms with van der Waals surface area (Å²) in [5.41, 5.74) is 2.82. The van der Waals surface area contributed by atoms with Gasteiger partial charge in [0.1, 0.15) is 0 Å². The van der Waals surface area contributed by atoms with Gasteiger partial charge in [0.2, 0.25) is 0 Å². The van der Waals surface area contributed by atoms with E-state index in [1.165, 1.54) is 11.1 Å². The summed E-state index contributed by atoms with van der Waals surface area (Å²) in [6.45, 7) is 36.4. The van der Waals surface area contributed by atoms with E-state index in [1.807, 2.05) is 13.8 Å². The van der Waals surface area contributed by atoms with Crippen molar-refractivity contribution in [3.63, 3.8) is 0 Å². The van der Waals surface area contributed by atoms with Crippen LogP contribution in [0.15, 0.2) is 35.5 Å². The van der Waals surface area contributed by atoms with Crippen molar-refractivity contribution in [1.82, 2.24) is 0 Å². The predicted molar refractivity (Wildman–Crippen MR) is 223 cm³/mol. The Balaban J connectivity index is 2.00. The van der Waals surface area contributed by atoms with Crippen molar-refractivity contribution in [3.05, 3.63) is 35.5 Å². The van der Waals surface area contributed by atoms with Gasteiger partial charge in [-0.05, 0) is 129 Å². The lowest BCUT2D eigenvalue weighted by Crippen LogP contribution is -2.49. The summed E-state index contributed by atoms with van der Waals surface area (Å²) in [7, 11) is -4.14. The quantitative estimate of drug-likeness (QED) is 0.0970. The SMILES string of the molecule is C=C1/C(=C\C=C2/C[C@H](C(=O)OCCCC(=O)O)C[C@]3(C)[C@@H]([C@H](C)CCCC(C)(C)O)CC[C@@H]23)C[C@@H](O[Si](C)(C)C(C)(C)C)C[C@@H]1O[Si](C)(C)C(C)(C)C. The third-order valence-corrected chi connectivity index (χ3v) is 23.0. The standard InChI is InChI=1S/C44H78O7Si2/c1-30(18-16-24-43(9,10)48)36-22-23-37-33(26-34(29-44(36,37)11)40(47)49-25-17-19-39(45)46)21-20-32-27-35(50-52(12,13)41(3,4)5)28-38(31(32)2)51-53(14,15)42(6,7)8/h20-21,30,34-38,48H,2,16-19,22-29H2,1,3-15H3,(H,45,46)/b32-20-,33-21+/t30-,34+,35-,36-,37+,38+,44-/m1/s1. The molecule has 7 nitrogen and oxygen atoms in total. The summed E-state index contributed by atoms with van der Waals surface area (Å²) in [5, 5.41) is 19.6. The Kier molecular flexibility index (Phi) is 15.0. The molecule has 0 unspecified atom stereocenters. The number of hydrogen-bond donors (Lipinski definition) is 2. The third-order valence-electron chi connectivity index (χ3n) is 14.0. The van der Waals surface area contributed by atoms with E-state index >= 15 is 0 Å². The van der Waals surface area contributed by atoms with E-state index in [-0.39, 0.29) is 52.6 Å². The number of carbonyl (C=O) groups is 2. The molecule has 3 aliphatic carbocycles. The van der Waals surface area contributed by atoms with Gasteiger partial charge in [-0.25, -0.2) is 0 Å². The molecule has 3 saturated carbocycles. The lowest BCUT2D eigenvalue weighted by atomic mass is 9.58. The van der Waals surface area contributed by atoms with Gasteiger partial charge in [-0.2, -0.15) is 0 Å². The van der Waals surface area contributed by atoms with Gasteiger partial charge in [-0.1, -0.05) is 92.5 Å². The number of carboxylic acids is 1. The molecule has 3 aliphatic rings. The Morgan fingerprint density at radius 3 is 2.11 bits per heavy atom. The van der Waals surface area contributed by atoms with Gasteiger partial charge in [-0.3, -0.25) is 9.59 Å². The average Bonchev–Trinajstić information content (AvgIpc) is 3.34. The summed E-state index contributed by atoms with van der Waals surface area (Å²) in [4.78, 5) is 24.8. The summed E-state index contributed by atoms with van der Waals surface area (Å²) in [6, 6.07) is 0. The Morgan fingerprint density at radius 2 is 1.55 bits per heavy atom. The highest BCUT2D eigenvalue weighted by atomic mass is 28.4. The highest BCUT2D eigenvalue weighted by Gasteiger charge is 2.54. The lowest BCUT2D eigenvalue weighted by Gasteiger charge is -2.47. The minimum Gasteiger partial charge on any atom is -0.481 e. The number of aliphatic carboxylic acids is 1. The van der Waals surface area contributed by atoms with Gasteiger partial charge < -0.3 is 23.8 Å². The van der Waals surface area contributed by atoms with Gasteiger partial charge in [-0.15, -0.1) is 0 Å². The van der Waals surface area contributed by atoms with Crippen LogP contribution in [0.5, 0.6) is 0 Å². The molecule has 0 aromatic rings. The molecule has 304 valence electrons. The van der Waals surface area contributed by atoms with Gasteiger partial charge in [0.05, 0.1) is 30.3 Å². The average molecular weight is 775 g/mol. The third kappa shape index (κ3) is 12.0. The summed E-state index contributed by atoms with van der Waals surface area (Å²) < 4.78 is 19.9. The molecule has 7 atom stereocenters. The normalized spacial score (nSPS) is 29.7. The Labute approximate surface area is 326 Å². The number of allylic oxidation sites excluding steroid dienone is 3. The second-order valence-electron chi connectivity index (χ2n) is 21.0. The topological polar surface area (TPSA) is 102 Å². The number of aliphatic hydroxyl groups is 1. The zero-order chi connectivity index (χ0) is 40.4. The van der Waals surface area contributed by atoms with Crippen LogP contribution in [0.25, 0.3) is 0 Å². The van der Waals surface area contributed by atoms with Gasteiger partial charge in [0, 0.05) is 12.8 Å². The van der Waals surface area contributed by atoms with Gasteiger partial charge >= 0.3 is 11.9 Å². The van der Waals surface area contributed by atoms with Crippen LogP contribution >= 0.6 is 0 Å². The molecule has 3 fully saturated rings. The van der Waals surface area contributed by atoms with Crippen molar-refractivity contribution in [2.45, 2.75) is 194 Å². The smallest absolute Gasteiger partial charge is 0.309 e. The summed E-state index contributed by atoms with van der Waals surface area (Å²) >= 11 is 0. The van der Waals surface area contributed by atoms with Crippen LogP contribution in [0.3, 0.4) is 0 Å². The fourth-order valence-corrected chi connectivity index (χ4v) is 11.5. The lowest BCUT2D eigenvalue weighted by molar-refractivity contribution is -0.152. The van der Waals surface area contributed by atoms with Crippen LogP contribution < -0.4 is 0 Å². The minimum absolute atomic E-state index is 0.00908. The van der Waals surface area contributed by atoms with E-state index in [2.05, 4.69) is 100 Å². The van der Waals surface area contributed by atoms with E-state index in [4.69, 9.17) is 18.7 Å². The maximum Gasteiger partial charge on any atom is 0.309 e. The summed E-state index contributed by atoms with van der Waals surface area (Å²) in [5.74, 6) is -0.0554. The number of carbonyl (C=O) groups excluding carboxylic acids is 1. The van der Waals surface area contributed by atoms with E-state index < -0.39 is 28.2 Å². The molecule has 0 aromatic carbocycles. The van der Waals surface area contributed by atoms with E-state index in [0.29, 0.717) is 30.6 Å². The van der Waals surface area contributed by atoms with Crippen molar-refractivity contribution in [1.29, 1.82) is 0 Å². The first kappa shape index (κ1) is 45.9. The number of ether oxygens (including phenoxy) is 1. The molecular formula is C44H78O7Si2. The van der Waals surface area contributed by atoms with Crippen LogP contribution in [-0.4, -0.2) is 63.2 Å². The maximum absolute atomic E-state index is 13.7. The molecule has 9 heteroatoms. The Bertz CT molecular complexity index is 1360. The molecule has 2 N–H and O–H groups in total. The zero-order valence-electron chi connectivity index (χ0n) is 36.2. The molecule has 0 saturated heterocycles. The molecule has 0 aliphatic heterocycles. The number of rotatable bonds is 15. The molecule has 0 aromatic heterocycles. The molecule has 0 radical (unpaired) electrons. The summed E-state index contributed by atoms with van der Waals surface area (Å²) in [6.07, 6.45) is 12.9. The number of hydrogen-bond acceptors (Lipinski definition) is 6. The van der Waals surface area contributed by atoms with Crippen molar-refractivity contribution >= 4 is 28.6 Å². The Hall–Kier alpha value is -1.53. The van der Waals surface area contributed by atoms with Crippen molar-refractivity contribution in [2.24, 2.45) is 29.1 Å². The fourth-order valence-electron chi connectivity index (χ4n) is 8.82. The van der Waals surface area contributed by atoms with Crippen LogP contribution in [-0.2, 0) is 23.2 Å². The van der Waals surface area contributed by atoms with Crippen molar-refractivity contribution in [3.8, 4) is 0 Å². The first-order valence-electron chi connectivity index (χ1n) is 20.6. The van der Waals surface area contributed by atoms with Crippen LogP contribution in [0.4, 0.5) is 0 Å². The van der Waals surface area contributed by atoms with Crippen LogP contribution in [0, 0.1) is 29.1 Å². The molecule has 3 rings (SSSR count). The molecule has 53 heavy (non-hydrogen) atoms. The monoisotopic (exact) mass is 775 g/mol. The molecule has 0 heterocycles. The molecular weight excluding hydrogens is 697 g/mol. The van der Waals surface area contributed by atoms with Gasteiger partial charge in [0.15, 0.2) is 16.6 Å². The first-order chi connectivity index (χ1) is 24.1. The minimum atomic E-state index is -2.10. The second kappa shape index (κ2) is 17.3. The largest absolute Gasteiger partial charge is 0.481 e. The van der Waals surface area contributed by atoms with Crippen LogP contribution in [0.2, 0.25) is 36.3 Å². The highest BCUT2D eigenvalue weighted by Crippen LogP contribution is 2.61. The second-order valence-corrected chi connectivity index (χ2v) is 30.5. The number of fused-ring (bicyclic) bond motifs is 1. The van der Waals surface area contributed by atoms with Crippen LogP contribution in [0.1, 0.15) is 140 Å². The molecule has 0 spiro atoms. The van der Waals surface area contributed by atoms with E-state index in [9.17, 15) is 14.7 Å². The molecule has 0 amide bonds. The first-order valence-corrected chi connectivity index (χ1v) is 26.4. The predicted octanol–water partition coefficient (Wildman–Crippen LogP) is 11.4. The molecule has 0 bridgehead atoms. The maximum atomic E-state index is 13.7. The van der Waals surface area contributed by atoms with E-state index in [1.54, 1.807) is 0 Å². The Morgan fingerprint density at radius 1 is 0.943 bits per heavy atom. The number of esters is 1. The van der Waals surface area contributed by atoms with Crippen molar-refractivity contribution in [2.75, 3.05) is 6.61 Å². The van der Waals surface area contributed by atoms with E-state index in [0.717, 1.165) is 56.9 Å². The number of carboxylic acid groups (broad SMARTS) is 1. The zero-order valence-corrected chi connectivity index (χ0v) is 38.2. The highest BCUT2D eigenvalue weighted by molar-refractivity contribution is 6.74. The fraction of sp³-hybridized carbons (Fsp3) is 0.818.